The summed E-state index contributed by atoms with van der Waals surface area (Å²) in [5.41, 5.74) is 7.14. The molecule has 0 aromatic carbocycles. The van der Waals surface area contributed by atoms with E-state index < -0.39 is 22.8 Å². The van der Waals surface area contributed by atoms with Gasteiger partial charge in [0.25, 0.3) is 0 Å². The number of pyridine rings is 1. The second-order valence-corrected chi connectivity index (χ2v) is 9.32. The molecule has 1 aliphatic carbocycles. The van der Waals surface area contributed by atoms with Gasteiger partial charge in [0.1, 0.15) is 5.60 Å². The van der Waals surface area contributed by atoms with E-state index in [1.165, 1.54) is 0 Å². The molecule has 158 valence electrons. The number of nitrogens with zero attached hydrogens (tertiary/aromatic N) is 1. The van der Waals surface area contributed by atoms with Crippen LogP contribution in [0.2, 0.25) is 0 Å². The van der Waals surface area contributed by atoms with E-state index >= 15 is 0 Å². The molecular formula is C19H31N3O5S. The van der Waals surface area contributed by atoms with E-state index in [1.807, 2.05) is 13.0 Å². The summed E-state index contributed by atoms with van der Waals surface area (Å²) in [6, 6.07) is 1.61. The SMILES string of the molecule is C[C@H]1C[C@@H](c2ccncc2N)C[C@@H](NC(=O)OC(C)(C)C)[C@H]1OCCS(=O)O. The third-order valence-corrected chi connectivity index (χ3v) is 5.27. The molecule has 0 aliphatic heterocycles. The van der Waals surface area contributed by atoms with E-state index in [4.69, 9.17) is 19.8 Å². The van der Waals surface area contributed by atoms with Crippen LogP contribution in [-0.4, -0.2) is 49.9 Å². The van der Waals surface area contributed by atoms with Gasteiger partial charge < -0.3 is 25.1 Å². The average molecular weight is 414 g/mol. The summed E-state index contributed by atoms with van der Waals surface area (Å²) in [6.45, 7) is 7.61. The van der Waals surface area contributed by atoms with Crippen molar-refractivity contribution >= 4 is 22.9 Å². The largest absolute Gasteiger partial charge is 0.444 e. The Bertz CT molecular complexity index is 694. The van der Waals surface area contributed by atoms with Crippen molar-refractivity contribution in [1.29, 1.82) is 0 Å². The van der Waals surface area contributed by atoms with Crippen LogP contribution < -0.4 is 11.1 Å². The molecule has 8 nitrogen and oxygen atoms in total. The van der Waals surface area contributed by atoms with Crippen molar-refractivity contribution in [2.45, 2.75) is 64.2 Å². The number of anilines is 1. The number of rotatable bonds is 6. The molecule has 1 heterocycles. The van der Waals surface area contributed by atoms with Crippen molar-refractivity contribution < 1.29 is 23.0 Å². The van der Waals surface area contributed by atoms with Crippen molar-refractivity contribution in [2.75, 3.05) is 18.1 Å². The van der Waals surface area contributed by atoms with E-state index in [2.05, 4.69) is 10.3 Å². The number of nitrogen functional groups attached to an aromatic ring is 1. The van der Waals surface area contributed by atoms with Crippen molar-refractivity contribution in [3.8, 4) is 0 Å². The Morgan fingerprint density at radius 1 is 1.43 bits per heavy atom. The fraction of sp³-hybridized carbons (Fsp3) is 0.684. The lowest BCUT2D eigenvalue weighted by molar-refractivity contribution is -0.0289. The molecule has 1 aromatic rings. The molecule has 5 atom stereocenters. The predicted octanol–water partition coefficient (Wildman–Crippen LogP) is 2.68. The Balaban J connectivity index is 2.16. The van der Waals surface area contributed by atoms with Gasteiger partial charge in [0.15, 0.2) is 11.1 Å². The van der Waals surface area contributed by atoms with Crippen LogP contribution in [0.15, 0.2) is 18.5 Å². The molecule has 1 saturated carbocycles. The summed E-state index contributed by atoms with van der Waals surface area (Å²) in [5.74, 6) is 0.284. The van der Waals surface area contributed by atoms with Gasteiger partial charge in [-0.1, -0.05) is 6.92 Å². The van der Waals surface area contributed by atoms with Gasteiger partial charge >= 0.3 is 6.09 Å². The Labute approximate surface area is 168 Å². The molecular weight excluding hydrogens is 382 g/mol. The molecule has 1 amide bonds. The van der Waals surface area contributed by atoms with E-state index in [0.717, 1.165) is 12.0 Å². The van der Waals surface area contributed by atoms with Crippen molar-refractivity contribution in [2.24, 2.45) is 5.92 Å². The minimum Gasteiger partial charge on any atom is -0.444 e. The van der Waals surface area contributed by atoms with Crippen LogP contribution in [0, 0.1) is 5.92 Å². The molecule has 0 saturated heterocycles. The minimum absolute atomic E-state index is 0.0309. The number of nitrogens with one attached hydrogen (secondary N) is 1. The highest BCUT2D eigenvalue weighted by molar-refractivity contribution is 7.79. The molecule has 4 N–H and O–H groups in total. The lowest BCUT2D eigenvalue weighted by Crippen LogP contribution is -2.52. The van der Waals surface area contributed by atoms with Crippen molar-refractivity contribution in [3.05, 3.63) is 24.0 Å². The quantitative estimate of drug-likeness (QED) is 0.613. The zero-order valence-corrected chi connectivity index (χ0v) is 17.7. The van der Waals surface area contributed by atoms with Gasteiger partial charge in [0, 0.05) is 6.20 Å². The summed E-state index contributed by atoms with van der Waals surface area (Å²) >= 11 is -1.92. The number of carbonyl (C=O) groups excluding carboxylic acids is 1. The summed E-state index contributed by atoms with van der Waals surface area (Å²) in [7, 11) is 0. The van der Waals surface area contributed by atoms with E-state index in [1.54, 1.807) is 33.2 Å². The first-order valence-electron chi connectivity index (χ1n) is 9.44. The van der Waals surface area contributed by atoms with E-state index in [9.17, 15) is 9.00 Å². The maximum Gasteiger partial charge on any atom is 0.407 e. The Morgan fingerprint density at radius 2 is 2.14 bits per heavy atom. The number of nitrogens with two attached hydrogens (primary N) is 1. The lowest BCUT2D eigenvalue weighted by Gasteiger charge is -2.41. The maximum atomic E-state index is 12.4. The standard InChI is InChI=1S/C19H31N3O5S/c1-12-9-13(14-5-6-21-11-15(14)20)10-16(17(12)26-7-8-28(24)25)22-18(23)27-19(2,3)4/h5-6,11-13,16-17H,7-10,20H2,1-4H3,(H,22,23)(H,24,25)/t12-,13+,16+,17-/m0/s1. The van der Waals surface area contributed by atoms with Gasteiger partial charge in [-0.15, -0.1) is 0 Å². The third-order valence-electron chi connectivity index (χ3n) is 4.75. The number of carbonyl (C=O) groups is 1. The molecule has 0 bridgehead atoms. The first kappa shape index (κ1) is 22.6. The van der Waals surface area contributed by atoms with Crippen LogP contribution in [0.3, 0.4) is 0 Å². The minimum atomic E-state index is -1.92. The summed E-state index contributed by atoms with van der Waals surface area (Å²) in [4.78, 5) is 16.4. The second-order valence-electron chi connectivity index (χ2n) is 8.26. The first-order chi connectivity index (χ1) is 13.1. The number of aromatic nitrogens is 1. The van der Waals surface area contributed by atoms with Gasteiger partial charge in [-0.25, -0.2) is 9.00 Å². The zero-order valence-electron chi connectivity index (χ0n) is 16.9. The Hall–Kier alpha value is -1.71. The molecule has 0 radical (unpaired) electrons. The molecule has 1 unspecified atom stereocenters. The Morgan fingerprint density at radius 3 is 2.75 bits per heavy atom. The molecule has 1 aliphatic rings. The Kier molecular flexibility index (Phi) is 7.79. The number of hydrogen-bond acceptors (Lipinski definition) is 6. The smallest absolute Gasteiger partial charge is 0.407 e. The van der Waals surface area contributed by atoms with Crippen LogP contribution in [0.1, 0.15) is 52.0 Å². The van der Waals surface area contributed by atoms with Gasteiger partial charge in [0.2, 0.25) is 0 Å². The van der Waals surface area contributed by atoms with Gasteiger partial charge in [-0.3, -0.25) is 4.98 Å². The molecule has 9 heteroatoms. The monoisotopic (exact) mass is 413 g/mol. The van der Waals surface area contributed by atoms with Crippen molar-refractivity contribution in [3.63, 3.8) is 0 Å². The predicted molar refractivity (Wildman–Crippen MR) is 108 cm³/mol. The zero-order chi connectivity index (χ0) is 20.9. The summed E-state index contributed by atoms with van der Waals surface area (Å²) < 4.78 is 31.2. The third kappa shape index (κ3) is 6.72. The highest BCUT2D eigenvalue weighted by atomic mass is 32.2. The highest BCUT2D eigenvalue weighted by Gasteiger charge is 2.39. The lowest BCUT2D eigenvalue weighted by atomic mass is 9.74. The summed E-state index contributed by atoms with van der Waals surface area (Å²) in [6.07, 6.45) is 4.02. The average Bonchev–Trinajstić information content (AvgIpc) is 2.55. The van der Waals surface area contributed by atoms with Crippen LogP contribution >= 0.6 is 0 Å². The summed E-state index contributed by atoms with van der Waals surface area (Å²) in [5, 5.41) is 2.93. The van der Waals surface area contributed by atoms with Crippen molar-refractivity contribution in [1.82, 2.24) is 10.3 Å². The second kappa shape index (κ2) is 9.67. The normalized spacial score (nSPS) is 26.5. The van der Waals surface area contributed by atoms with E-state index in [-0.39, 0.29) is 36.3 Å². The van der Waals surface area contributed by atoms with Crippen LogP contribution in [0.25, 0.3) is 0 Å². The highest BCUT2D eigenvalue weighted by Crippen LogP contribution is 2.39. The first-order valence-corrected chi connectivity index (χ1v) is 10.7. The fourth-order valence-electron chi connectivity index (χ4n) is 3.70. The van der Waals surface area contributed by atoms with Crippen LogP contribution in [-0.2, 0) is 20.6 Å². The maximum absolute atomic E-state index is 12.4. The van der Waals surface area contributed by atoms with Crippen LogP contribution in [0.5, 0.6) is 0 Å². The number of alkyl carbamates (subject to hydrolysis) is 1. The number of ether oxygens (including phenoxy) is 2. The van der Waals surface area contributed by atoms with Crippen LogP contribution in [0.4, 0.5) is 10.5 Å². The fourth-order valence-corrected chi connectivity index (χ4v) is 3.93. The van der Waals surface area contributed by atoms with E-state index in [0.29, 0.717) is 12.1 Å². The van der Waals surface area contributed by atoms with Gasteiger partial charge in [-0.05, 0) is 57.1 Å². The number of amides is 1. The number of hydrogen-bond donors (Lipinski definition) is 3. The molecule has 1 aromatic heterocycles. The molecule has 0 spiro atoms. The molecule has 28 heavy (non-hydrogen) atoms. The van der Waals surface area contributed by atoms with Gasteiger partial charge in [-0.2, -0.15) is 0 Å². The van der Waals surface area contributed by atoms with Gasteiger partial charge in [0.05, 0.1) is 36.4 Å². The topological polar surface area (TPSA) is 124 Å². The molecule has 1 fully saturated rings. The molecule has 2 rings (SSSR count).